The van der Waals surface area contributed by atoms with Gasteiger partial charge in [0, 0.05) is 20.1 Å². The van der Waals surface area contributed by atoms with E-state index in [1.165, 1.54) is 17.9 Å². The first-order chi connectivity index (χ1) is 35.7. The van der Waals surface area contributed by atoms with Crippen LogP contribution in [0.25, 0.3) is 33.5 Å². The number of nitrogens with two attached hydrogens (primary N) is 3. The topological polar surface area (TPSA) is 566 Å². The molecule has 10 N–H and O–H groups in total. The molecule has 0 amide bonds. The van der Waals surface area contributed by atoms with Crippen LogP contribution in [0.1, 0.15) is 18.7 Å². The molecular formula is C33H41K4N15O24P4. The zero-order chi connectivity index (χ0) is 55.0. The van der Waals surface area contributed by atoms with Crippen LogP contribution in [0.4, 0.5) is 17.7 Å². The van der Waals surface area contributed by atoms with Crippen molar-refractivity contribution in [3.63, 3.8) is 0 Å². The Hall–Kier alpha value is 1.40. The molecule has 39 nitrogen and oxygen atoms in total. The second-order valence-electron chi connectivity index (χ2n) is 16.5. The number of phosphoric acid groups is 4. The molecule has 3 aliphatic heterocycles. The molecule has 6 aromatic heterocycles. The van der Waals surface area contributed by atoms with E-state index in [1.54, 1.807) is 0 Å². The van der Waals surface area contributed by atoms with Crippen LogP contribution < -0.4 is 258 Å². The van der Waals surface area contributed by atoms with Gasteiger partial charge in [0.2, 0.25) is 12.2 Å². The number of aryl methyl sites for hydroxylation is 1. The minimum atomic E-state index is -6.57. The number of phosphoric ester groups is 3. The van der Waals surface area contributed by atoms with E-state index in [0.29, 0.717) is 0 Å². The molecule has 3 saturated heterocycles. The average molecular weight is 1310 g/mol. The molecule has 0 spiro atoms. The summed E-state index contributed by atoms with van der Waals surface area (Å²) in [5.41, 5.74) is 15.9. The maximum absolute atomic E-state index is 13.6. The van der Waals surface area contributed by atoms with E-state index in [-0.39, 0.29) is 251 Å². The van der Waals surface area contributed by atoms with E-state index >= 15 is 0 Å². The van der Waals surface area contributed by atoms with Gasteiger partial charge in [0.05, 0.1) is 39.5 Å². The molecule has 47 heteroatoms. The van der Waals surface area contributed by atoms with Gasteiger partial charge in [-0.25, -0.2) is 38.1 Å². The van der Waals surface area contributed by atoms with Crippen LogP contribution >= 0.6 is 31.3 Å². The van der Waals surface area contributed by atoms with Gasteiger partial charge in [-0.1, -0.05) is 4.98 Å². The monoisotopic (exact) mass is 1310 g/mol. The van der Waals surface area contributed by atoms with Crippen molar-refractivity contribution in [1.29, 1.82) is 0 Å². The number of nitrogens with one attached hydrogen (secondary N) is 1. The quantitative estimate of drug-likeness (QED) is 0.0212. The summed E-state index contributed by atoms with van der Waals surface area (Å²) in [6.07, 6.45) is -15.5. The van der Waals surface area contributed by atoms with Crippen LogP contribution in [-0.4, -0.2) is 158 Å². The fourth-order valence-electron chi connectivity index (χ4n) is 8.49. The van der Waals surface area contributed by atoms with Crippen LogP contribution in [0.5, 0.6) is 5.88 Å². The van der Waals surface area contributed by atoms with Gasteiger partial charge < -0.3 is 99.0 Å². The van der Waals surface area contributed by atoms with Crippen LogP contribution in [0.15, 0.2) is 30.1 Å². The second-order valence-corrected chi connectivity index (χ2v) is 22.4. The summed E-state index contributed by atoms with van der Waals surface area (Å²) in [6.45, 7) is -3.58. The summed E-state index contributed by atoms with van der Waals surface area (Å²) in [4.78, 5) is 94.2. The normalized spacial score (nSPS) is 28.7. The third kappa shape index (κ3) is 15.7. The fraction of sp³-hybridized carbons (Fsp3) is 0.545. The summed E-state index contributed by atoms with van der Waals surface area (Å²) in [5.74, 6) is -1.64. The number of ether oxygens (including phenoxy) is 5. The molecule has 9 rings (SSSR count). The number of hydrogen-bond acceptors (Lipinski definition) is 34. The Balaban J connectivity index is 0.00000294. The fourth-order valence-corrected chi connectivity index (χ4v) is 12.8. The smallest absolute Gasteiger partial charge is 0.856 e. The summed E-state index contributed by atoms with van der Waals surface area (Å²) in [7, 11) is -21.2. The Morgan fingerprint density at radius 1 is 0.688 bits per heavy atom. The molecule has 0 bridgehead atoms. The van der Waals surface area contributed by atoms with Crippen LogP contribution in [0.2, 0.25) is 0 Å². The number of aliphatic hydroxyl groups excluding tert-OH is 3. The zero-order valence-electron chi connectivity index (χ0n) is 42.7. The Kier molecular flexibility index (Phi) is 26.1. The van der Waals surface area contributed by atoms with E-state index in [2.05, 4.69) is 53.0 Å². The number of nitrogen functional groups attached to an aromatic ring is 3. The SMILES string of the molecule is CO[C@@H]1[C@H](OP(=O)([O-])OC[C@H]2O[C@@H](n3cnc4c(=O)[nH]c(N)nc43)[C@H](O)[C@@H]2O)[C@@H](COP(=O)([O-])OP(=O)([O-])OP(=O)([O-])OC[C@H]2O[C@@H]([n+]3cn(C)c4c([O-])nc(N)nc43)[C@H](O)[C@@H]2OC)O[C@H]1n1cnc2c(N)ncnc21.[K+].[K+].[K+].[K+]. The van der Waals surface area contributed by atoms with Crippen molar-refractivity contribution in [3.05, 3.63) is 35.7 Å². The molecule has 0 aliphatic carbocycles. The molecule has 3 aliphatic rings. The number of aliphatic hydroxyl groups is 3. The van der Waals surface area contributed by atoms with Gasteiger partial charge in [-0.2, -0.15) is 4.98 Å². The largest absolute Gasteiger partial charge is 1.00 e. The maximum atomic E-state index is 13.6. The first-order valence-corrected chi connectivity index (χ1v) is 27.3. The van der Waals surface area contributed by atoms with Crippen LogP contribution in [0.3, 0.4) is 0 Å². The summed E-state index contributed by atoms with van der Waals surface area (Å²) < 4.78 is 113. The second kappa shape index (κ2) is 28.9. The number of H-pyrrole nitrogens is 1. The number of methoxy groups -OCH3 is 2. The molecule has 0 saturated carbocycles. The van der Waals surface area contributed by atoms with Crippen molar-refractivity contribution in [3.8, 4) is 5.88 Å². The molecule has 416 valence electrons. The van der Waals surface area contributed by atoms with E-state index in [4.69, 9.17) is 54.5 Å². The average Bonchev–Trinajstić information content (AvgIpc) is 4.18. The number of nitrogens with zero attached hydrogens (tertiary/aromatic N) is 11. The van der Waals surface area contributed by atoms with Gasteiger partial charge in [-0.3, -0.25) is 41.7 Å². The number of fused-ring (bicyclic) bond motifs is 3. The molecule has 0 aromatic carbocycles. The van der Waals surface area contributed by atoms with Crippen molar-refractivity contribution < 1.29 is 319 Å². The van der Waals surface area contributed by atoms with Gasteiger partial charge in [-0.05, 0) is 0 Å². The third-order valence-electron chi connectivity index (χ3n) is 11.7. The Morgan fingerprint density at radius 3 is 1.88 bits per heavy atom. The zero-order valence-corrected chi connectivity index (χ0v) is 58.8. The molecule has 9 heterocycles. The van der Waals surface area contributed by atoms with Crippen LogP contribution in [-0.2, 0) is 75.7 Å². The van der Waals surface area contributed by atoms with Crippen LogP contribution in [0, 0.1) is 0 Å². The van der Waals surface area contributed by atoms with Gasteiger partial charge in [-0.15, -0.1) is 0 Å². The molecule has 3 fully saturated rings. The standard InChI is InChI=1S/C33H45N15O24P4.4K/c1-45-10-48(26-16(45)28(53)44-33(36)42-26)30-19(51)20(62-2)12(68-30)5-65-74(56,57)71-76(60,61)72-75(58,59)66-6-13-21(22(63-3)31(69-13)46-8-39-14-23(34)37-7-38-24(14)46)70-73(54,55)64-4-11-17(49)18(50)29(67-11)47-9-40-15-25(47)41-32(35)43-27(15)52;;;;/h7-13,17-22,29-31,49-51H,4-6H2,1-3H3,(H11-,34,35,36,37,38,41,42,43,44,52,53,54,55,56,57,58,59,60,61);;;;/q;4*+1/p-4/t11-,12-,13-,17-,18-,19-,20-,21-,22-,29-,30-,31-;;;;/m1..../s1. The number of rotatable bonds is 20. The van der Waals surface area contributed by atoms with Crippen molar-refractivity contribution in [2.75, 3.05) is 51.2 Å². The van der Waals surface area contributed by atoms with Crippen molar-refractivity contribution >= 4 is 82.5 Å². The first kappa shape index (κ1) is 72.1. The molecule has 80 heavy (non-hydrogen) atoms. The predicted octanol–water partition coefficient (Wildman–Crippen LogP) is -18.8. The van der Waals surface area contributed by atoms with E-state index < -0.39 is 142 Å². The number of imidazole rings is 3. The Labute approximate surface area is 617 Å². The predicted molar refractivity (Wildman–Crippen MR) is 232 cm³/mol. The van der Waals surface area contributed by atoms with Crippen molar-refractivity contribution in [1.82, 2.24) is 53.6 Å². The van der Waals surface area contributed by atoms with E-state index in [9.17, 15) is 63.1 Å². The molecule has 0 radical (unpaired) electrons. The Morgan fingerprint density at radius 2 is 1.25 bits per heavy atom. The third-order valence-corrected chi connectivity index (χ3v) is 16.8. The van der Waals surface area contributed by atoms with Crippen molar-refractivity contribution in [2.24, 2.45) is 7.05 Å². The molecular weight excluding hydrogens is 1270 g/mol. The molecule has 16 atom stereocenters. The number of hydrogen-bond donors (Lipinski definition) is 7. The minimum absolute atomic E-state index is 0. The van der Waals surface area contributed by atoms with Gasteiger partial charge in [0.25, 0.3) is 42.8 Å². The van der Waals surface area contributed by atoms with E-state index in [1.807, 2.05) is 0 Å². The number of aromatic amines is 1. The minimum Gasteiger partial charge on any atom is -0.856 e. The van der Waals surface area contributed by atoms with Crippen molar-refractivity contribution in [2.45, 2.75) is 73.6 Å². The van der Waals surface area contributed by atoms with Gasteiger partial charge in [0.1, 0.15) is 66.8 Å². The Bertz CT molecular complexity index is 3440. The van der Waals surface area contributed by atoms with Gasteiger partial charge >= 0.3 is 211 Å². The van der Waals surface area contributed by atoms with Gasteiger partial charge in [0.15, 0.2) is 46.9 Å². The van der Waals surface area contributed by atoms with E-state index in [0.717, 1.165) is 46.9 Å². The molecule has 4 unspecified atom stereocenters. The number of aromatic nitrogens is 12. The first-order valence-electron chi connectivity index (χ1n) is 21.4. The molecule has 6 aromatic rings. The summed E-state index contributed by atoms with van der Waals surface area (Å²) in [6, 6.07) is 0. The number of anilines is 3. The maximum Gasteiger partial charge on any atom is 1.00 e. The summed E-state index contributed by atoms with van der Waals surface area (Å²) >= 11 is 0. The summed E-state index contributed by atoms with van der Waals surface area (Å²) in [5, 5.41) is 45.2.